The van der Waals surface area contributed by atoms with Crippen LogP contribution in [0.3, 0.4) is 0 Å². The van der Waals surface area contributed by atoms with Gasteiger partial charge in [0.1, 0.15) is 0 Å². The fraction of sp³-hybridized carbons (Fsp3) is 0. The van der Waals surface area contributed by atoms with Gasteiger partial charge in [0.25, 0.3) is 0 Å². The van der Waals surface area contributed by atoms with E-state index in [1.165, 1.54) is 0 Å². The molecule has 0 rings (SSSR count). The van der Waals surface area contributed by atoms with E-state index in [1.807, 2.05) is 0 Å². The van der Waals surface area contributed by atoms with Crippen LogP contribution in [0.4, 0.5) is 0 Å². The zero-order chi connectivity index (χ0) is 0. The molecule has 0 saturated heterocycles. The molecule has 0 aromatic rings. The Morgan fingerprint density at radius 1 is 0.417 bits per heavy atom. The van der Waals surface area contributed by atoms with E-state index < -0.39 is 0 Å². The van der Waals surface area contributed by atoms with Crippen molar-refractivity contribution in [3.8, 4) is 0 Å². The molecule has 0 aliphatic heterocycles. The summed E-state index contributed by atoms with van der Waals surface area (Å²) in [6.45, 7) is 0. The fourth-order valence-corrected chi connectivity index (χ4v) is 0. The van der Waals surface area contributed by atoms with Crippen LogP contribution in [0.25, 0.3) is 0 Å². The first kappa shape index (κ1) is 229. The summed E-state index contributed by atoms with van der Waals surface area (Å²) in [5, 5.41) is 0. The van der Waals surface area contributed by atoms with Crippen LogP contribution in [0.1, 0.15) is 5.71 Å². The van der Waals surface area contributed by atoms with Crippen LogP contribution in [0, 0.1) is 0 Å². The Morgan fingerprint density at radius 2 is 0.417 bits per heavy atom. The van der Waals surface area contributed by atoms with Gasteiger partial charge in [0.15, 0.2) is 0 Å². The zero-order valence-corrected chi connectivity index (χ0v) is 16.2. The predicted octanol–water partition coefficient (Wildman–Crippen LogP) is -6.91. The molecular weight excluding hydrogens is 401 g/mol. The molecule has 8 nitrogen and oxygen atoms in total. The van der Waals surface area contributed by atoms with Gasteiger partial charge in [0.05, 0.1) is 0 Å². The van der Waals surface area contributed by atoms with Crippen molar-refractivity contribution in [1.82, 2.24) is 0 Å². The monoisotopic (exact) mass is 422 g/mol. The quantitative estimate of drug-likeness (QED) is 0.330. The largest absolute Gasteiger partial charge is 2.00 e. The fourth-order valence-electron chi connectivity index (χ4n) is 0. The Labute approximate surface area is 176 Å². The summed E-state index contributed by atoms with van der Waals surface area (Å²) in [4.78, 5) is 0. The molecule has 0 aliphatic carbocycles. The molecular formula is H20BaCaO8Ti2. The normalized spacial score (nSPS) is 0. The molecule has 0 atom stereocenters. The molecule has 80 valence electrons. The van der Waals surface area contributed by atoms with Crippen LogP contribution in [-0.2, 0) is 43.4 Å². The molecule has 0 aromatic heterocycles. The minimum atomic E-state index is 0. The van der Waals surface area contributed by atoms with E-state index in [0.29, 0.717) is 0 Å². The maximum atomic E-state index is 0. The van der Waals surface area contributed by atoms with Crippen molar-refractivity contribution in [3.05, 3.63) is 0 Å². The van der Waals surface area contributed by atoms with E-state index in [-0.39, 0.29) is 180 Å². The minimum absolute atomic E-state index is 0. The Bertz CT molecular complexity index is 30.0. The molecule has 0 bridgehead atoms. The van der Waals surface area contributed by atoms with Crippen LogP contribution < -0.4 is 0 Å². The molecule has 0 aliphatic rings. The number of hydrogen-bond donors (Lipinski definition) is 0. The van der Waals surface area contributed by atoms with Crippen molar-refractivity contribution in [2.24, 2.45) is 0 Å². The molecule has 16 N–H and O–H groups in total. The van der Waals surface area contributed by atoms with Crippen LogP contribution >= 0.6 is 0 Å². The molecule has 0 saturated carbocycles. The molecule has 0 spiro atoms. The first-order valence-electron chi connectivity index (χ1n) is 0. The van der Waals surface area contributed by atoms with E-state index in [4.69, 9.17) is 0 Å². The third-order valence-corrected chi connectivity index (χ3v) is 0. The molecule has 0 aromatic carbocycles. The molecule has 0 radical (unpaired) electrons. The van der Waals surface area contributed by atoms with Gasteiger partial charge in [-0.3, -0.25) is 0 Å². The van der Waals surface area contributed by atoms with Crippen molar-refractivity contribution in [3.63, 3.8) is 0 Å². The third kappa shape index (κ3) is 150. The molecule has 0 fully saturated rings. The molecule has 0 unspecified atom stereocenters. The van der Waals surface area contributed by atoms with Crippen molar-refractivity contribution in [1.29, 1.82) is 0 Å². The second-order valence-electron chi connectivity index (χ2n) is 0. The standard InChI is InChI=1S/Ba.Ca.8H2O.2Ti.4H/h;;8*1H2;;;;;;/q2*+2;;;;;;;;;;;4*-1. The van der Waals surface area contributed by atoms with Gasteiger partial charge >= 0.3 is 86.6 Å². The maximum Gasteiger partial charge on any atom is 2.00 e. The topological polar surface area (TPSA) is 252 Å². The van der Waals surface area contributed by atoms with Gasteiger partial charge in [-0.2, -0.15) is 0 Å². The van der Waals surface area contributed by atoms with Crippen LogP contribution in [0.5, 0.6) is 0 Å². The molecule has 12 heteroatoms. The van der Waals surface area contributed by atoms with Crippen LogP contribution in [0.15, 0.2) is 0 Å². The second-order valence-corrected chi connectivity index (χ2v) is 0. The third-order valence-electron chi connectivity index (χ3n) is 0. The van der Waals surface area contributed by atoms with Crippen molar-refractivity contribution in [2.75, 3.05) is 0 Å². The first-order valence-corrected chi connectivity index (χ1v) is 0. The van der Waals surface area contributed by atoms with E-state index >= 15 is 0 Å². The van der Waals surface area contributed by atoms with Gasteiger partial charge in [-0.15, -0.1) is 0 Å². The van der Waals surface area contributed by atoms with E-state index in [2.05, 4.69) is 0 Å². The van der Waals surface area contributed by atoms with Gasteiger partial charge in [-0.25, -0.2) is 0 Å². The van der Waals surface area contributed by atoms with Crippen molar-refractivity contribution in [2.45, 2.75) is 0 Å². The Hall–Kier alpha value is 3.94. The van der Waals surface area contributed by atoms with E-state index in [0.717, 1.165) is 0 Å². The van der Waals surface area contributed by atoms with Crippen LogP contribution in [-0.4, -0.2) is 130 Å². The smallest absolute Gasteiger partial charge is 1.00 e. The average Bonchev–Trinajstić information content (AvgIpc) is 0. The number of hydrogen-bond acceptors (Lipinski definition) is 0. The van der Waals surface area contributed by atoms with Crippen molar-refractivity contribution < 1.29 is 93.0 Å². The summed E-state index contributed by atoms with van der Waals surface area (Å²) in [6, 6.07) is 0. The van der Waals surface area contributed by atoms with Gasteiger partial charge in [0, 0.05) is 43.4 Å². The van der Waals surface area contributed by atoms with Gasteiger partial charge < -0.3 is 49.5 Å². The summed E-state index contributed by atoms with van der Waals surface area (Å²) in [5.74, 6) is 0. The average molecular weight is 421 g/mol. The van der Waals surface area contributed by atoms with E-state index in [9.17, 15) is 0 Å². The Kier molecular flexibility index (Phi) is 3570. The molecule has 0 heterocycles. The summed E-state index contributed by atoms with van der Waals surface area (Å²) in [5.41, 5.74) is 0. The Morgan fingerprint density at radius 3 is 0.417 bits per heavy atom. The second kappa shape index (κ2) is 187. The summed E-state index contributed by atoms with van der Waals surface area (Å²) in [6.07, 6.45) is 0. The van der Waals surface area contributed by atoms with Gasteiger partial charge in [-0.1, -0.05) is 0 Å². The predicted molar refractivity (Wildman–Crippen MR) is 44.9 cm³/mol. The minimum Gasteiger partial charge on any atom is -1.00 e. The summed E-state index contributed by atoms with van der Waals surface area (Å²) >= 11 is 0. The zero-order valence-electron chi connectivity index (χ0n) is 10.4. The summed E-state index contributed by atoms with van der Waals surface area (Å²) in [7, 11) is 0. The summed E-state index contributed by atoms with van der Waals surface area (Å²) < 4.78 is 0. The molecule has 0 amide bonds. The van der Waals surface area contributed by atoms with Gasteiger partial charge in [0.2, 0.25) is 0 Å². The van der Waals surface area contributed by atoms with E-state index in [1.54, 1.807) is 0 Å². The van der Waals surface area contributed by atoms with Crippen molar-refractivity contribution >= 4 is 86.6 Å². The Balaban J connectivity index is 0. The maximum absolute atomic E-state index is 0. The van der Waals surface area contributed by atoms with Crippen LogP contribution in [0.2, 0.25) is 0 Å². The number of rotatable bonds is 0. The SMILES string of the molecule is O.O.O.O.O.O.O.O.[Ba+2].[Ca+2].[H-].[H-].[H-].[H-].[Ti].[Ti]. The molecule has 12 heavy (non-hydrogen) atoms. The van der Waals surface area contributed by atoms with Gasteiger partial charge in [-0.05, 0) is 0 Å². The first-order chi connectivity index (χ1) is 0.